The number of amides is 1. The van der Waals surface area contributed by atoms with Gasteiger partial charge >= 0.3 is 0 Å². The fraction of sp³-hybridized carbons (Fsp3) is 0.233. The molecule has 3 nitrogen and oxygen atoms in total. The molecule has 0 radical (unpaired) electrons. The van der Waals surface area contributed by atoms with Gasteiger partial charge in [-0.2, -0.15) is 0 Å². The van der Waals surface area contributed by atoms with Crippen LogP contribution in [0.15, 0.2) is 95.5 Å². The molecule has 5 rings (SSSR count). The third-order valence-electron chi connectivity index (χ3n) is 6.94. The number of para-hydroxylation sites is 1. The molecule has 4 aromatic rings. The molecule has 4 aromatic carbocycles. The van der Waals surface area contributed by atoms with Gasteiger partial charge in [-0.1, -0.05) is 83.5 Å². The van der Waals surface area contributed by atoms with Crippen molar-refractivity contribution in [3.63, 3.8) is 0 Å². The van der Waals surface area contributed by atoms with Crippen molar-refractivity contribution in [2.75, 3.05) is 11.5 Å². The van der Waals surface area contributed by atoms with Crippen LogP contribution >= 0.6 is 15.9 Å². The molecule has 0 saturated carbocycles. The summed E-state index contributed by atoms with van der Waals surface area (Å²) >= 11 is 3.55. The number of carbonyl (C=O) groups excluding carboxylic acids is 1. The van der Waals surface area contributed by atoms with Crippen LogP contribution in [0, 0.1) is 0 Å². The Bertz CT molecular complexity index is 1360. The fourth-order valence-electron chi connectivity index (χ4n) is 5.51. The zero-order valence-electron chi connectivity index (χ0n) is 19.7. The van der Waals surface area contributed by atoms with Crippen LogP contribution < -0.4 is 9.64 Å². The third kappa shape index (κ3) is 4.01. The zero-order valence-corrected chi connectivity index (χ0v) is 21.3. The number of rotatable bonds is 4. The number of benzene rings is 4. The van der Waals surface area contributed by atoms with Crippen molar-refractivity contribution in [1.82, 2.24) is 0 Å². The normalized spacial score (nSPS) is 19.0. The lowest BCUT2D eigenvalue weighted by atomic mass is 9.65. The van der Waals surface area contributed by atoms with E-state index in [2.05, 4.69) is 91.3 Å². The van der Waals surface area contributed by atoms with E-state index in [0.717, 1.165) is 32.9 Å². The van der Waals surface area contributed by atoms with E-state index in [9.17, 15) is 4.79 Å². The summed E-state index contributed by atoms with van der Waals surface area (Å²) in [5.74, 6) is 0.665. The van der Waals surface area contributed by atoms with Crippen LogP contribution in [0.1, 0.15) is 38.3 Å². The highest BCUT2D eigenvalue weighted by molar-refractivity contribution is 9.10. The monoisotopic (exact) mass is 513 g/mol. The van der Waals surface area contributed by atoms with Gasteiger partial charge in [0.15, 0.2) is 6.61 Å². The van der Waals surface area contributed by atoms with Gasteiger partial charge in [0.05, 0.1) is 0 Å². The summed E-state index contributed by atoms with van der Waals surface area (Å²) in [4.78, 5) is 15.5. The minimum atomic E-state index is -0.389. The van der Waals surface area contributed by atoms with Crippen molar-refractivity contribution in [1.29, 1.82) is 0 Å². The van der Waals surface area contributed by atoms with Gasteiger partial charge in [-0.25, -0.2) is 0 Å². The lowest BCUT2D eigenvalue weighted by Crippen LogP contribution is -2.57. The van der Waals surface area contributed by atoms with Gasteiger partial charge in [-0.3, -0.25) is 4.79 Å². The van der Waals surface area contributed by atoms with E-state index in [1.54, 1.807) is 0 Å². The van der Waals surface area contributed by atoms with Gasteiger partial charge < -0.3 is 9.64 Å². The topological polar surface area (TPSA) is 29.5 Å². The molecule has 1 heterocycles. The zero-order chi connectivity index (χ0) is 23.9. The van der Waals surface area contributed by atoms with Crippen molar-refractivity contribution in [3.05, 3.63) is 107 Å². The van der Waals surface area contributed by atoms with Crippen LogP contribution in [0.25, 0.3) is 10.8 Å². The number of ether oxygens (including phenoxy) is 1. The van der Waals surface area contributed by atoms with Crippen LogP contribution in [0.3, 0.4) is 0 Å². The first-order valence-electron chi connectivity index (χ1n) is 11.6. The number of nitrogens with zero attached hydrogens (tertiary/aromatic N) is 1. The van der Waals surface area contributed by atoms with Crippen molar-refractivity contribution in [3.8, 4) is 5.75 Å². The molecule has 1 amide bonds. The standard InChI is InChI=1S/C30H28BrNO2/c1-29(2)20-30(3,23-13-15-24(31)16-14-23)26-10-6-7-11-27(26)32(29)28(33)19-34-25-17-12-21-8-4-5-9-22(21)18-25/h4-18H,19-20H2,1-3H3/t30-/m1/s1. The molecule has 0 N–H and O–H groups in total. The maximum atomic E-state index is 13.6. The Morgan fingerprint density at radius 3 is 2.32 bits per heavy atom. The van der Waals surface area contributed by atoms with Crippen molar-refractivity contribution in [2.24, 2.45) is 0 Å². The van der Waals surface area contributed by atoms with Gasteiger partial charge in [0, 0.05) is 21.1 Å². The van der Waals surface area contributed by atoms with Gasteiger partial charge in [0.1, 0.15) is 5.75 Å². The highest BCUT2D eigenvalue weighted by Gasteiger charge is 2.47. The molecule has 0 aromatic heterocycles. The van der Waals surface area contributed by atoms with Crippen LogP contribution in [-0.2, 0) is 10.2 Å². The molecular weight excluding hydrogens is 486 g/mol. The second-order valence-electron chi connectivity index (χ2n) is 9.87. The van der Waals surface area contributed by atoms with E-state index in [1.165, 1.54) is 5.56 Å². The number of hydrogen-bond acceptors (Lipinski definition) is 2. The molecule has 1 aliphatic rings. The summed E-state index contributed by atoms with van der Waals surface area (Å²) in [5.41, 5.74) is 2.76. The summed E-state index contributed by atoms with van der Waals surface area (Å²) in [7, 11) is 0. The second kappa shape index (κ2) is 8.59. The molecule has 0 spiro atoms. The predicted molar refractivity (Wildman–Crippen MR) is 143 cm³/mol. The molecule has 34 heavy (non-hydrogen) atoms. The van der Waals surface area contributed by atoms with E-state index < -0.39 is 0 Å². The summed E-state index contributed by atoms with van der Waals surface area (Å²) < 4.78 is 7.05. The minimum absolute atomic E-state index is 0.00883. The number of carbonyl (C=O) groups is 1. The first kappa shape index (κ1) is 22.7. The Hall–Kier alpha value is -3.11. The fourth-order valence-corrected chi connectivity index (χ4v) is 5.78. The van der Waals surface area contributed by atoms with Gasteiger partial charge in [0.25, 0.3) is 5.91 Å². The second-order valence-corrected chi connectivity index (χ2v) is 10.8. The molecule has 1 atom stereocenters. The summed E-state index contributed by atoms with van der Waals surface area (Å²) in [6.07, 6.45) is 0.806. The van der Waals surface area contributed by atoms with E-state index in [4.69, 9.17) is 4.74 Å². The number of halogens is 1. The Kier molecular flexibility index (Phi) is 5.73. The molecule has 4 heteroatoms. The van der Waals surface area contributed by atoms with Crippen LogP contribution in [-0.4, -0.2) is 18.1 Å². The SMILES string of the molecule is CC1(C)C[C@](C)(c2ccc(Br)cc2)c2ccccc2N1C(=O)COc1ccc2ccccc2c1. The Balaban J connectivity index is 1.46. The Morgan fingerprint density at radius 2 is 1.56 bits per heavy atom. The Morgan fingerprint density at radius 1 is 0.882 bits per heavy atom. The quantitative estimate of drug-likeness (QED) is 0.282. The average Bonchev–Trinajstić information content (AvgIpc) is 2.82. The van der Waals surface area contributed by atoms with E-state index in [1.807, 2.05) is 41.3 Å². The van der Waals surface area contributed by atoms with Gasteiger partial charge in [-0.05, 0) is 72.5 Å². The first-order chi connectivity index (χ1) is 16.3. The summed E-state index contributed by atoms with van der Waals surface area (Å²) in [5, 5.41) is 2.25. The van der Waals surface area contributed by atoms with E-state index in [-0.39, 0.29) is 23.5 Å². The average molecular weight is 514 g/mol. The minimum Gasteiger partial charge on any atom is -0.484 e. The summed E-state index contributed by atoms with van der Waals surface area (Å²) in [6.45, 7) is 6.57. The van der Waals surface area contributed by atoms with Crippen LogP contribution in [0.2, 0.25) is 0 Å². The number of hydrogen-bond donors (Lipinski definition) is 0. The smallest absolute Gasteiger partial charge is 0.265 e. The molecule has 0 bridgehead atoms. The molecule has 0 saturated heterocycles. The molecule has 0 fully saturated rings. The van der Waals surface area contributed by atoms with Gasteiger partial charge in [-0.15, -0.1) is 0 Å². The molecule has 1 aliphatic heterocycles. The van der Waals surface area contributed by atoms with Crippen LogP contribution in [0.5, 0.6) is 5.75 Å². The maximum absolute atomic E-state index is 13.6. The van der Waals surface area contributed by atoms with Crippen molar-refractivity contribution in [2.45, 2.75) is 38.1 Å². The predicted octanol–water partition coefficient (Wildman–Crippen LogP) is 7.50. The molecule has 0 aliphatic carbocycles. The lowest BCUT2D eigenvalue weighted by molar-refractivity contribution is -0.121. The van der Waals surface area contributed by atoms with E-state index >= 15 is 0 Å². The Labute approximate surface area is 209 Å². The van der Waals surface area contributed by atoms with Gasteiger partial charge in [0.2, 0.25) is 0 Å². The highest BCUT2D eigenvalue weighted by Crippen LogP contribution is 2.50. The molecule has 172 valence electrons. The van der Waals surface area contributed by atoms with Crippen molar-refractivity contribution >= 4 is 38.3 Å². The lowest BCUT2D eigenvalue weighted by Gasteiger charge is -2.51. The first-order valence-corrected chi connectivity index (χ1v) is 12.4. The van der Waals surface area contributed by atoms with Crippen molar-refractivity contribution < 1.29 is 9.53 Å². The summed E-state index contributed by atoms with van der Waals surface area (Å²) in [6, 6.07) is 30.9. The highest BCUT2D eigenvalue weighted by atomic mass is 79.9. The number of fused-ring (bicyclic) bond motifs is 2. The molecular formula is C30H28BrNO2. The largest absolute Gasteiger partial charge is 0.484 e. The number of anilines is 1. The maximum Gasteiger partial charge on any atom is 0.265 e. The van der Waals surface area contributed by atoms with E-state index in [0.29, 0.717) is 5.75 Å². The molecule has 0 unspecified atom stereocenters. The van der Waals surface area contributed by atoms with Crippen LogP contribution in [0.4, 0.5) is 5.69 Å². The third-order valence-corrected chi connectivity index (χ3v) is 7.47.